The fraction of sp³-hybridized carbons (Fsp3) is 0.455. The number of thioether (sulfide) groups is 1. The Kier molecular flexibility index (Phi) is 5.68. The van der Waals surface area contributed by atoms with Crippen LogP contribution in [0.4, 0.5) is 0 Å². The lowest BCUT2D eigenvalue weighted by molar-refractivity contribution is -0.122. The number of rotatable bonds is 4. The molecule has 0 aliphatic carbocycles. The molecule has 1 N–H and O–H groups in total. The second-order valence-electron chi connectivity index (χ2n) is 3.85. The van der Waals surface area contributed by atoms with Crippen molar-refractivity contribution in [3.8, 4) is 0 Å². The van der Waals surface area contributed by atoms with E-state index in [2.05, 4.69) is 31.4 Å². The van der Waals surface area contributed by atoms with E-state index in [4.69, 9.17) is 0 Å². The largest absolute Gasteiger partial charge is 0.293 e. The monoisotopic (exact) mass is 347 g/mol. The number of nitrogens with zero attached hydrogens (tertiary/aromatic N) is 2. The standard InChI is InChI=1S/C11H14BrN3OS2/c12-9-5-10(18-8-9)6-13-14-11(16)7-15-1-3-17-4-2-15/h5-6,8H,1-4,7H2,(H,14,16). The molecule has 1 amide bonds. The lowest BCUT2D eigenvalue weighted by Crippen LogP contribution is -2.40. The van der Waals surface area contributed by atoms with Gasteiger partial charge in [-0.05, 0) is 22.0 Å². The highest BCUT2D eigenvalue weighted by atomic mass is 79.9. The highest BCUT2D eigenvalue weighted by Crippen LogP contribution is 2.17. The van der Waals surface area contributed by atoms with Crippen LogP contribution in [0.5, 0.6) is 0 Å². The summed E-state index contributed by atoms with van der Waals surface area (Å²) in [5.74, 6) is 2.17. The number of hydrogen-bond acceptors (Lipinski definition) is 5. The first-order valence-electron chi connectivity index (χ1n) is 5.60. The van der Waals surface area contributed by atoms with Crippen LogP contribution in [0.1, 0.15) is 4.88 Å². The number of amides is 1. The van der Waals surface area contributed by atoms with Gasteiger partial charge in [0, 0.05) is 39.3 Å². The van der Waals surface area contributed by atoms with Gasteiger partial charge in [0.25, 0.3) is 5.91 Å². The van der Waals surface area contributed by atoms with Crippen LogP contribution >= 0.6 is 39.0 Å². The fourth-order valence-corrected chi connectivity index (χ4v) is 3.84. The molecule has 1 aliphatic rings. The van der Waals surface area contributed by atoms with E-state index in [1.54, 1.807) is 17.6 Å². The summed E-state index contributed by atoms with van der Waals surface area (Å²) < 4.78 is 1.03. The minimum atomic E-state index is -0.0474. The second kappa shape index (κ2) is 7.28. The predicted octanol–water partition coefficient (Wildman–Crippen LogP) is 2.01. The van der Waals surface area contributed by atoms with Crippen molar-refractivity contribution in [3.63, 3.8) is 0 Å². The molecule has 0 spiro atoms. The number of hydrazone groups is 1. The van der Waals surface area contributed by atoms with Gasteiger partial charge in [-0.2, -0.15) is 16.9 Å². The molecule has 0 unspecified atom stereocenters. The Labute approximate surface area is 123 Å². The molecular weight excluding hydrogens is 334 g/mol. The van der Waals surface area contributed by atoms with E-state index < -0.39 is 0 Å². The van der Waals surface area contributed by atoms with Crippen molar-refractivity contribution in [1.29, 1.82) is 0 Å². The highest BCUT2D eigenvalue weighted by Gasteiger charge is 2.13. The number of halogens is 1. The summed E-state index contributed by atoms with van der Waals surface area (Å²) >= 11 is 6.88. The molecule has 0 atom stereocenters. The molecule has 0 saturated carbocycles. The van der Waals surface area contributed by atoms with E-state index in [-0.39, 0.29) is 5.91 Å². The summed E-state index contributed by atoms with van der Waals surface area (Å²) in [5.41, 5.74) is 2.56. The minimum Gasteiger partial charge on any atom is -0.293 e. The molecule has 1 fully saturated rings. The van der Waals surface area contributed by atoms with Crippen LogP contribution in [0.15, 0.2) is 21.0 Å². The zero-order valence-electron chi connectivity index (χ0n) is 9.76. The van der Waals surface area contributed by atoms with Gasteiger partial charge in [0.15, 0.2) is 0 Å². The van der Waals surface area contributed by atoms with E-state index in [1.807, 2.05) is 23.2 Å². The average Bonchev–Trinajstić information content (AvgIpc) is 2.76. The molecule has 0 radical (unpaired) electrons. The summed E-state index contributed by atoms with van der Waals surface area (Å²) in [5, 5.41) is 5.93. The van der Waals surface area contributed by atoms with Crippen LogP contribution in [-0.4, -0.2) is 48.2 Å². The third-order valence-corrected chi connectivity index (χ3v) is 5.01. The van der Waals surface area contributed by atoms with Crippen molar-refractivity contribution in [3.05, 3.63) is 20.8 Å². The number of carbonyl (C=O) groups is 1. The molecule has 2 heterocycles. The molecule has 1 saturated heterocycles. The van der Waals surface area contributed by atoms with Crippen molar-refractivity contribution in [2.45, 2.75) is 0 Å². The van der Waals surface area contributed by atoms with E-state index in [0.717, 1.165) is 33.9 Å². The van der Waals surface area contributed by atoms with Crippen molar-refractivity contribution in [2.24, 2.45) is 5.10 Å². The quantitative estimate of drug-likeness (QED) is 0.669. The molecule has 1 aromatic heterocycles. The number of nitrogens with one attached hydrogen (secondary N) is 1. The first kappa shape index (κ1) is 14.0. The third kappa shape index (κ3) is 4.72. The smallest absolute Gasteiger partial charge is 0.254 e. The van der Waals surface area contributed by atoms with Crippen LogP contribution in [-0.2, 0) is 4.79 Å². The Morgan fingerprint density at radius 1 is 1.56 bits per heavy atom. The van der Waals surface area contributed by atoms with Gasteiger partial charge in [0.2, 0.25) is 0 Å². The molecule has 98 valence electrons. The maximum atomic E-state index is 11.6. The van der Waals surface area contributed by atoms with E-state index >= 15 is 0 Å². The first-order chi connectivity index (χ1) is 8.74. The predicted molar refractivity (Wildman–Crippen MR) is 81.5 cm³/mol. The molecule has 0 bridgehead atoms. The fourth-order valence-electron chi connectivity index (χ4n) is 1.56. The summed E-state index contributed by atoms with van der Waals surface area (Å²) in [7, 11) is 0. The van der Waals surface area contributed by atoms with Crippen LogP contribution in [0.2, 0.25) is 0 Å². The normalized spacial score (nSPS) is 17.2. The molecule has 2 rings (SSSR count). The summed E-state index contributed by atoms with van der Waals surface area (Å²) in [4.78, 5) is 14.8. The second-order valence-corrected chi connectivity index (χ2v) is 6.93. The number of thiophene rings is 1. The Bertz CT molecular complexity index is 430. The summed E-state index contributed by atoms with van der Waals surface area (Å²) in [6.45, 7) is 2.41. The minimum absolute atomic E-state index is 0.0474. The van der Waals surface area contributed by atoms with Crippen LogP contribution in [0, 0.1) is 0 Å². The van der Waals surface area contributed by atoms with Gasteiger partial charge in [0.05, 0.1) is 12.8 Å². The van der Waals surface area contributed by atoms with Gasteiger partial charge in [-0.1, -0.05) is 0 Å². The topological polar surface area (TPSA) is 44.7 Å². The number of hydrogen-bond donors (Lipinski definition) is 1. The van der Waals surface area contributed by atoms with Crippen LogP contribution < -0.4 is 5.43 Å². The van der Waals surface area contributed by atoms with Gasteiger partial charge < -0.3 is 0 Å². The molecule has 18 heavy (non-hydrogen) atoms. The van der Waals surface area contributed by atoms with Crippen molar-refractivity contribution >= 4 is 51.2 Å². The Balaban J connectivity index is 1.72. The van der Waals surface area contributed by atoms with E-state index in [1.165, 1.54) is 0 Å². The molecule has 1 aliphatic heterocycles. The average molecular weight is 348 g/mol. The van der Waals surface area contributed by atoms with Gasteiger partial charge in [0.1, 0.15) is 0 Å². The van der Waals surface area contributed by atoms with E-state index in [0.29, 0.717) is 6.54 Å². The lowest BCUT2D eigenvalue weighted by atomic mass is 10.4. The Morgan fingerprint density at radius 3 is 3.00 bits per heavy atom. The molecular formula is C11H14BrN3OS2. The van der Waals surface area contributed by atoms with Crippen LogP contribution in [0.25, 0.3) is 0 Å². The zero-order valence-corrected chi connectivity index (χ0v) is 13.0. The maximum Gasteiger partial charge on any atom is 0.254 e. The SMILES string of the molecule is O=C(CN1CCSCC1)NN=Cc1cc(Br)cs1. The molecule has 7 heteroatoms. The maximum absolute atomic E-state index is 11.6. The van der Waals surface area contributed by atoms with Gasteiger partial charge >= 0.3 is 0 Å². The van der Waals surface area contributed by atoms with Crippen molar-refractivity contribution < 1.29 is 4.79 Å². The van der Waals surface area contributed by atoms with Crippen LogP contribution in [0.3, 0.4) is 0 Å². The zero-order chi connectivity index (χ0) is 12.8. The van der Waals surface area contributed by atoms with E-state index in [9.17, 15) is 4.79 Å². The van der Waals surface area contributed by atoms with Gasteiger partial charge in [-0.3, -0.25) is 9.69 Å². The first-order valence-corrected chi connectivity index (χ1v) is 8.43. The number of carbonyl (C=O) groups excluding carboxylic acids is 1. The van der Waals surface area contributed by atoms with Crippen molar-refractivity contribution in [1.82, 2.24) is 10.3 Å². The molecule has 0 aromatic carbocycles. The lowest BCUT2D eigenvalue weighted by Gasteiger charge is -2.24. The molecule has 1 aromatic rings. The van der Waals surface area contributed by atoms with Gasteiger partial charge in [-0.15, -0.1) is 11.3 Å². The van der Waals surface area contributed by atoms with Crippen molar-refractivity contribution in [2.75, 3.05) is 31.1 Å². The highest BCUT2D eigenvalue weighted by molar-refractivity contribution is 9.10. The van der Waals surface area contributed by atoms with Gasteiger partial charge in [-0.25, -0.2) is 5.43 Å². The Hall–Kier alpha value is -0.370. The summed E-state index contributed by atoms with van der Waals surface area (Å²) in [6, 6.07) is 1.96. The third-order valence-electron chi connectivity index (χ3n) is 2.44. The summed E-state index contributed by atoms with van der Waals surface area (Å²) in [6.07, 6.45) is 1.67. The molecule has 4 nitrogen and oxygen atoms in total. The Morgan fingerprint density at radius 2 is 2.33 bits per heavy atom.